The van der Waals surface area contributed by atoms with Crippen LogP contribution in [0.4, 0.5) is 0 Å². The smallest absolute Gasteiger partial charge is 0.277 e. The van der Waals surface area contributed by atoms with Crippen molar-refractivity contribution in [2.75, 3.05) is 13.7 Å². The highest BCUT2D eigenvalue weighted by Crippen LogP contribution is 2.08. The molecule has 2 amide bonds. The molecule has 16 heavy (non-hydrogen) atoms. The number of rotatable bonds is 4. The molecule has 0 saturated carbocycles. The Hall–Kier alpha value is -1.88. The van der Waals surface area contributed by atoms with Crippen LogP contribution in [-0.4, -0.2) is 30.5 Å². The molecular weight excluding hydrogens is 208 g/mol. The van der Waals surface area contributed by atoms with Gasteiger partial charge in [0.15, 0.2) is 0 Å². The summed E-state index contributed by atoms with van der Waals surface area (Å²) in [5.74, 6) is -0.858. The highest BCUT2D eigenvalue weighted by Gasteiger charge is 2.14. The van der Waals surface area contributed by atoms with Gasteiger partial charge in [-0.2, -0.15) is 0 Å². The lowest BCUT2D eigenvalue weighted by atomic mass is 10.1. The summed E-state index contributed by atoms with van der Waals surface area (Å²) in [7, 11) is 1.42. The van der Waals surface area contributed by atoms with Crippen LogP contribution in [0.5, 0.6) is 0 Å². The largest absolute Gasteiger partial charge is 0.366 e. The van der Waals surface area contributed by atoms with Gasteiger partial charge in [0.2, 0.25) is 5.91 Å². The van der Waals surface area contributed by atoms with E-state index in [0.717, 1.165) is 0 Å². The van der Waals surface area contributed by atoms with E-state index >= 15 is 0 Å². The van der Waals surface area contributed by atoms with Gasteiger partial charge in [-0.1, -0.05) is 6.07 Å². The van der Waals surface area contributed by atoms with Gasteiger partial charge in [0.1, 0.15) is 0 Å². The molecular formula is C11H14N2O3. The Labute approximate surface area is 93.7 Å². The second kappa shape index (κ2) is 5.27. The van der Waals surface area contributed by atoms with E-state index < -0.39 is 5.91 Å². The zero-order valence-electron chi connectivity index (χ0n) is 9.27. The normalized spacial score (nSPS) is 9.88. The van der Waals surface area contributed by atoms with Crippen LogP contribution in [0.3, 0.4) is 0 Å². The first kappa shape index (κ1) is 12.2. The van der Waals surface area contributed by atoms with E-state index in [2.05, 4.69) is 0 Å². The quantitative estimate of drug-likeness (QED) is 0.766. The number of nitrogens with zero attached hydrogens (tertiary/aromatic N) is 1. The second-order valence-corrected chi connectivity index (χ2v) is 3.13. The first-order chi connectivity index (χ1) is 7.60. The Morgan fingerprint density at radius 1 is 1.38 bits per heavy atom. The average molecular weight is 222 g/mol. The monoisotopic (exact) mass is 222 g/mol. The number of carbonyl (C=O) groups is 2. The molecule has 0 saturated heterocycles. The number of hydrogen-bond acceptors (Lipinski definition) is 3. The van der Waals surface area contributed by atoms with E-state index in [0.29, 0.717) is 17.7 Å². The molecule has 0 atom stereocenters. The van der Waals surface area contributed by atoms with Crippen molar-refractivity contribution in [3.8, 4) is 0 Å². The zero-order chi connectivity index (χ0) is 12.1. The summed E-state index contributed by atoms with van der Waals surface area (Å²) < 4.78 is 0. The van der Waals surface area contributed by atoms with Crippen LogP contribution in [0, 0.1) is 0 Å². The Bertz CT molecular complexity index is 400. The van der Waals surface area contributed by atoms with Crippen LogP contribution in [-0.2, 0) is 4.84 Å². The number of benzene rings is 1. The van der Waals surface area contributed by atoms with Crippen LogP contribution in [0.25, 0.3) is 0 Å². The predicted octanol–water partition coefficient (Wildman–Crippen LogP) is 0.809. The van der Waals surface area contributed by atoms with Gasteiger partial charge in [-0.25, -0.2) is 5.06 Å². The highest BCUT2D eigenvalue weighted by atomic mass is 16.7. The maximum atomic E-state index is 11.8. The molecule has 0 aliphatic rings. The van der Waals surface area contributed by atoms with Gasteiger partial charge in [-0.05, 0) is 25.1 Å². The van der Waals surface area contributed by atoms with Gasteiger partial charge in [0, 0.05) is 17.7 Å². The van der Waals surface area contributed by atoms with Crippen LogP contribution < -0.4 is 5.73 Å². The molecule has 1 aromatic carbocycles. The number of hydrogen-bond donors (Lipinski definition) is 1. The SMILES string of the molecule is CCN(OC)C(=O)c1cccc(C(N)=O)c1. The van der Waals surface area contributed by atoms with Crippen molar-refractivity contribution in [3.63, 3.8) is 0 Å². The molecule has 0 aromatic heterocycles. The topological polar surface area (TPSA) is 72.6 Å². The van der Waals surface area contributed by atoms with E-state index in [9.17, 15) is 9.59 Å². The molecule has 0 heterocycles. The van der Waals surface area contributed by atoms with Crippen molar-refractivity contribution in [2.24, 2.45) is 5.73 Å². The molecule has 2 N–H and O–H groups in total. The standard InChI is InChI=1S/C11H14N2O3/c1-3-13(16-2)11(15)9-6-4-5-8(7-9)10(12)14/h4-7H,3H2,1-2H3,(H2,12,14). The summed E-state index contributed by atoms with van der Waals surface area (Å²) in [6, 6.07) is 6.22. The third kappa shape index (κ3) is 2.58. The van der Waals surface area contributed by atoms with E-state index in [-0.39, 0.29) is 5.91 Å². The third-order valence-electron chi connectivity index (χ3n) is 2.13. The fraction of sp³-hybridized carbons (Fsp3) is 0.273. The number of carbonyl (C=O) groups excluding carboxylic acids is 2. The van der Waals surface area contributed by atoms with Crippen molar-refractivity contribution in [2.45, 2.75) is 6.92 Å². The molecule has 0 spiro atoms. The molecule has 1 rings (SSSR count). The van der Waals surface area contributed by atoms with Gasteiger partial charge in [0.25, 0.3) is 5.91 Å². The van der Waals surface area contributed by atoms with Gasteiger partial charge < -0.3 is 5.73 Å². The summed E-state index contributed by atoms with van der Waals surface area (Å²) in [5.41, 5.74) is 5.81. The van der Waals surface area contributed by atoms with Crippen molar-refractivity contribution in [1.82, 2.24) is 5.06 Å². The van der Waals surface area contributed by atoms with Crippen molar-refractivity contribution >= 4 is 11.8 Å². The number of hydroxylamine groups is 2. The number of nitrogens with two attached hydrogens (primary N) is 1. The van der Waals surface area contributed by atoms with E-state index in [4.69, 9.17) is 10.6 Å². The maximum Gasteiger partial charge on any atom is 0.277 e. The van der Waals surface area contributed by atoms with Gasteiger partial charge in [-0.15, -0.1) is 0 Å². The van der Waals surface area contributed by atoms with Gasteiger partial charge in [0.05, 0.1) is 7.11 Å². The van der Waals surface area contributed by atoms with E-state index in [1.807, 2.05) is 0 Å². The van der Waals surface area contributed by atoms with E-state index in [1.165, 1.54) is 18.2 Å². The molecule has 5 nitrogen and oxygen atoms in total. The molecule has 0 aliphatic heterocycles. The van der Waals surface area contributed by atoms with Crippen LogP contribution in [0.1, 0.15) is 27.6 Å². The fourth-order valence-corrected chi connectivity index (χ4v) is 1.31. The zero-order valence-corrected chi connectivity index (χ0v) is 9.27. The van der Waals surface area contributed by atoms with E-state index in [1.54, 1.807) is 25.1 Å². The summed E-state index contributed by atoms with van der Waals surface area (Å²) in [4.78, 5) is 27.7. The lowest BCUT2D eigenvalue weighted by molar-refractivity contribution is -0.0915. The molecule has 86 valence electrons. The van der Waals surface area contributed by atoms with Crippen LogP contribution in [0.2, 0.25) is 0 Å². The first-order valence-corrected chi connectivity index (χ1v) is 4.86. The predicted molar refractivity (Wildman–Crippen MR) is 58.7 cm³/mol. The maximum absolute atomic E-state index is 11.8. The molecule has 0 fully saturated rings. The lowest BCUT2D eigenvalue weighted by Gasteiger charge is -2.17. The van der Waals surface area contributed by atoms with Crippen molar-refractivity contribution < 1.29 is 14.4 Å². The Morgan fingerprint density at radius 2 is 2.00 bits per heavy atom. The number of primary amides is 1. The first-order valence-electron chi connectivity index (χ1n) is 4.86. The average Bonchev–Trinajstić information content (AvgIpc) is 2.30. The minimum atomic E-state index is -0.560. The Balaban J connectivity index is 3.00. The van der Waals surface area contributed by atoms with Crippen molar-refractivity contribution in [3.05, 3.63) is 35.4 Å². The minimum Gasteiger partial charge on any atom is -0.366 e. The van der Waals surface area contributed by atoms with Crippen molar-refractivity contribution in [1.29, 1.82) is 0 Å². The summed E-state index contributed by atoms with van der Waals surface area (Å²) >= 11 is 0. The summed E-state index contributed by atoms with van der Waals surface area (Å²) in [6.45, 7) is 2.22. The molecule has 1 aromatic rings. The van der Waals surface area contributed by atoms with Gasteiger partial charge >= 0.3 is 0 Å². The highest BCUT2D eigenvalue weighted by molar-refractivity contribution is 5.98. The lowest BCUT2D eigenvalue weighted by Crippen LogP contribution is -2.29. The third-order valence-corrected chi connectivity index (χ3v) is 2.13. The molecule has 0 aliphatic carbocycles. The fourth-order valence-electron chi connectivity index (χ4n) is 1.31. The van der Waals surface area contributed by atoms with Crippen LogP contribution >= 0.6 is 0 Å². The molecule has 0 unspecified atom stereocenters. The Morgan fingerprint density at radius 3 is 2.50 bits per heavy atom. The Kier molecular flexibility index (Phi) is 4.02. The minimum absolute atomic E-state index is 0.298. The second-order valence-electron chi connectivity index (χ2n) is 3.13. The number of amides is 2. The van der Waals surface area contributed by atoms with Crippen LogP contribution in [0.15, 0.2) is 24.3 Å². The van der Waals surface area contributed by atoms with Gasteiger partial charge in [-0.3, -0.25) is 14.4 Å². The summed E-state index contributed by atoms with van der Waals surface area (Å²) in [5, 5.41) is 1.19. The molecule has 5 heteroatoms. The summed E-state index contributed by atoms with van der Waals surface area (Å²) in [6.07, 6.45) is 0. The molecule has 0 radical (unpaired) electrons. The molecule has 0 bridgehead atoms.